The molecule has 7 heteroatoms. The first-order valence-corrected chi connectivity index (χ1v) is 6.81. The second-order valence-electron chi connectivity index (χ2n) is 4.86. The van der Waals surface area contributed by atoms with Crippen molar-refractivity contribution in [2.24, 2.45) is 12.5 Å². The number of aliphatic carboxylic acids is 1. The molecule has 0 aliphatic rings. The summed E-state index contributed by atoms with van der Waals surface area (Å²) in [5.74, 6) is 0.0678. The second-order valence-corrected chi connectivity index (χ2v) is 5.93. The van der Waals surface area contributed by atoms with Crippen LogP contribution in [0, 0.1) is 5.41 Å². The van der Waals surface area contributed by atoms with Crippen molar-refractivity contribution in [3.63, 3.8) is 0 Å². The van der Waals surface area contributed by atoms with E-state index < -0.39 is 11.4 Å². The predicted molar refractivity (Wildman–Crippen MR) is 69.8 cm³/mol. The molecule has 1 heterocycles. The lowest BCUT2D eigenvalue weighted by Gasteiger charge is -2.18. The van der Waals surface area contributed by atoms with Crippen molar-refractivity contribution in [1.82, 2.24) is 14.8 Å². The largest absolute Gasteiger partial charge is 0.481 e. The Morgan fingerprint density at radius 1 is 1.50 bits per heavy atom. The lowest BCUT2D eigenvalue weighted by atomic mass is 9.88. The Morgan fingerprint density at radius 3 is 2.67 bits per heavy atom. The Bertz CT molecular complexity index is 464. The van der Waals surface area contributed by atoms with E-state index in [9.17, 15) is 9.59 Å². The van der Waals surface area contributed by atoms with E-state index in [2.05, 4.69) is 10.2 Å². The SMILES string of the molecule is Cn1c(SCCCCC(C)(C)C(=O)O)n[nH]c1=O. The van der Waals surface area contributed by atoms with Gasteiger partial charge in [-0.25, -0.2) is 9.89 Å². The van der Waals surface area contributed by atoms with Gasteiger partial charge in [0.1, 0.15) is 0 Å². The number of H-pyrrole nitrogens is 1. The van der Waals surface area contributed by atoms with Crippen molar-refractivity contribution in [1.29, 1.82) is 0 Å². The highest BCUT2D eigenvalue weighted by atomic mass is 32.2. The topological polar surface area (TPSA) is 88.0 Å². The number of carbonyl (C=O) groups is 1. The minimum Gasteiger partial charge on any atom is -0.481 e. The molecule has 0 aliphatic heterocycles. The summed E-state index contributed by atoms with van der Waals surface area (Å²) >= 11 is 1.50. The number of hydrogen-bond acceptors (Lipinski definition) is 4. The molecule has 0 saturated carbocycles. The standard InChI is InChI=1S/C11H19N3O3S/c1-11(2,8(15)16)6-4-5-7-18-10-13-12-9(17)14(10)3/h4-7H2,1-3H3,(H,12,17)(H,15,16). The summed E-state index contributed by atoms with van der Waals surface area (Å²) in [6.07, 6.45) is 2.41. The van der Waals surface area contributed by atoms with E-state index in [1.54, 1.807) is 20.9 Å². The number of aromatic amines is 1. The van der Waals surface area contributed by atoms with Crippen LogP contribution in [0.5, 0.6) is 0 Å². The summed E-state index contributed by atoms with van der Waals surface area (Å²) in [7, 11) is 1.67. The minimum absolute atomic E-state index is 0.218. The third-order valence-corrected chi connectivity index (χ3v) is 3.96. The van der Waals surface area contributed by atoms with Crippen molar-refractivity contribution in [3.05, 3.63) is 10.5 Å². The fourth-order valence-corrected chi connectivity index (χ4v) is 2.32. The molecule has 6 nitrogen and oxygen atoms in total. The quantitative estimate of drug-likeness (QED) is 0.580. The van der Waals surface area contributed by atoms with Gasteiger partial charge in [0.25, 0.3) is 0 Å². The molecule has 0 fully saturated rings. The molecule has 18 heavy (non-hydrogen) atoms. The Hall–Kier alpha value is -1.24. The summed E-state index contributed by atoms with van der Waals surface area (Å²) in [6.45, 7) is 3.47. The van der Waals surface area contributed by atoms with Crippen LogP contribution in [-0.2, 0) is 11.8 Å². The van der Waals surface area contributed by atoms with Gasteiger partial charge in [-0.3, -0.25) is 9.36 Å². The highest BCUT2D eigenvalue weighted by molar-refractivity contribution is 7.99. The van der Waals surface area contributed by atoms with Crippen molar-refractivity contribution < 1.29 is 9.90 Å². The highest BCUT2D eigenvalue weighted by Crippen LogP contribution is 2.24. The van der Waals surface area contributed by atoms with Gasteiger partial charge in [0, 0.05) is 12.8 Å². The molecular weight excluding hydrogens is 254 g/mol. The number of carboxylic acid groups (broad SMARTS) is 1. The van der Waals surface area contributed by atoms with E-state index in [-0.39, 0.29) is 5.69 Å². The third kappa shape index (κ3) is 3.90. The summed E-state index contributed by atoms with van der Waals surface area (Å²) < 4.78 is 1.46. The number of rotatable bonds is 7. The maximum absolute atomic E-state index is 11.1. The number of hydrogen-bond donors (Lipinski definition) is 2. The van der Waals surface area contributed by atoms with Crippen molar-refractivity contribution in [2.75, 3.05) is 5.75 Å². The molecular formula is C11H19N3O3S. The molecule has 0 radical (unpaired) electrons. The number of nitrogens with one attached hydrogen (secondary N) is 1. The summed E-state index contributed by atoms with van der Waals surface area (Å²) in [5.41, 5.74) is -0.881. The highest BCUT2D eigenvalue weighted by Gasteiger charge is 2.25. The van der Waals surface area contributed by atoms with E-state index in [0.717, 1.165) is 18.6 Å². The Kier molecular flexibility index (Phi) is 5.01. The molecule has 0 atom stereocenters. The van der Waals surface area contributed by atoms with Crippen molar-refractivity contribution in [2.45, 2.75) is 38.3 Å². The fraction of sp³-hybridized carbons (Fsp3) is 0.727. The number of carboxylic acids is 1. The predicted octanol–water partition coefficient (Wildman–Crippen LogP) is 1.48. The van der Waals surface area contributed by atoms with Gasteiger partial charge in [-0.2, -0.15) is 0 Å². The van der Waals surface area contributed by atoms with Crippen molar-refractivity contribution in [3.8, 4) is 0 Å². The van der Waals surface area contributed by atoms with Crippen LogP contribution in [-0.4, -0.2) is 31.6 Å². The molecule has 1 rings (SSSR count). The van der Waals surface area contributed by atoms with E-state index in [1.165, 1.54) is 16.3 Å². The second kappa shape index (κ2) is 6.08. The van der Waals surface area contributed by atoms with Crippen LogP contribution in [0.2, 0.25) is 0 Å². The van der Waals surface area contributed by atoms with Crippen molar-refractivity contribution >= 4 is 17.7 Å². The van der Waals surface area contributed by atoms with Crippen LogP contribution in [0.1, 0.15) is 33.1 Å². The van der Waals surface area contributed by atoms with E-state index >= 15 is 0 Å². The van der Waals surface area contributed by atoms with Gasteiger partial charge >= 0.3 is 11.7 Å². The lowest BCUT2D eigenvalue weighted by Crippen LogP contribution is -2.23. The average molecular weight is 273 g/mol. The Morgan fingerprint density at radius 2 is 2.17 bits per heavy atom. The summed E-state index contributed by atoms with van der Waals surface area (Å²) in [6, 6.07) is 0. The minimum atomic E-state index is -0.759. The van der Waals surface area contributed by atoms with Crippen LogP contribution in [0.15, 0.2) is 9.95 Å². The van der Waals surface area contributed by atoms with Gasteiger partial charge in [0.2, 0.25) is 0 Å². The maximum atomic E-state index is 11.1. The van der Waals surface area contributed by atoms with E-state index in [4.69, 9.17) is 5.11 Å². The number of unbranched alkanes of at least 4 members (excludes halogenated alkanes) is 1. The molecule has 2 N–H and O–H groups in total. The molecule has 0 bridgehead atoms. The Balaban J connectivity index is 2.26. The fourth-order valence-electron chi connectivity index (χ4n) is 1.40. The zero-order valence-electron chi connectivity index (χ0n) is 10.9. The van der Waals surface area contributed by atoms with E-state index in [0.29, 0.717) is 11.6 Å². The first-order valence-electron chi connectivity index (χ1n) is 5.82. The molecule has 0 aliphatic carbocycles. The molecule has 0 spiro atoms. The molecule has 1 aromatic heterocycles. The van der Waals surface area contributed by atoms with Crippen LogP contribution in [0.25, 0.3) is 0 Å². The van der Waals surface area contributed by atoms with Gasteiger partial charge in [-0.15, -0.1) is 5.10 Å². The average Bonchev–Trinajstić information content (AvgIpc) is 2.60. The van der Waals surface area contributed by atoms with Crippen LogP contribution < -0.4 is 5.69 Å². The van der Waals surface area contributed by atoms with Gasteiger partial charge in [0.05, 0.1) is 5.41 Å². The monoisotopic (exact) mass is 273 g/mol. The van der Waals surface area contributed by atoms with Crippen LogP contribution in [0.3, 0.4) is 0 Å². The van der Waals surface area contributed by atoms with Gasteiger partial charge in [-0.05, 0) is 26.7 Å². The Labute approximate surface area is 110 Å². The summed E-state index contributed by atoms with van der Waals surface area (Å²) in [4.78, 5) is 22.0. The molecule has 0 saturated heterocycles. The zero-order chi connectivity index (χ0) is 13.8. The molecule has 102 valence electrons. The van der Waals surface area contributed by atoms with Gasteiger partial charge in [0.15, 0.2) is 5.16 Å². The normalized spacial score (nSPS) is 11.7. The molecule has 1 aromatic rings. The van der Waals surface area contributed by atoms with E-state index in [1.807, 2.05) is 0 Å². The van der Waals surface area contributed by atoms with Crippen LogP contribution >= 0.6 is 11.8 Å². The molecule has 0 unspecified atom stereocenters. The van der Waals surface area contributed by atoms with Gasteiger partial charge < -0.3 is 5.11 Å². The number of aromatic nitrogens is 3. The zero-order valence-corrected chi connectivity index (χ0v) is 11.7. The van der Waals surface area contributed by atoms with Crippen LogP contribution in [0.4, 0.5) is 0 Å². The first-order chi connectivity index (χ1) is 8.34. The first kappa shape index (κ1) is 14.8. The molecule has 0 aromatic carbocycles. The smallest absolute Gasteiger partial charge is 0.343 e. The maximum Gasteiger partial charge on any atom is 0.343 e. The number of nitrogens with zero attached hydrogens (tertiary/aromatic N) is 2. The lowest BCUT2D eigenvalue weighted by molar-refractivity contribution is -0.147. The molecule has 0 amide bonds. The third-order valence-electron chi connectivity index (χ3n) is 2.84. The summed E-state index contributed by atoms with van der Waals surface area (Å²) in [5, 5.41) is 15.9. The number of thioether (sulfide) groups is 1. The van der Waals surface area contributed by atoms with Gasteiger partial charge in [-0.1, -0.05) is 18.2 Å².